The van der Waals surface area contributed by atoms with Gasteiger partial charge in [0.05, 0.1) is 19.3 Å². The van der Waals surface area contributed by atoms with E-state index in [1.807, 2.05) is 32.9 Å². The molecular formula is C20H28N10OS. The van der Waals surface area contributed by atoms with E-state index in [0.717, 1.165) is 21.3 Å². The van der Waals surface area contributed by atoms with Gasteiger partial charge in [0.25, 0.3) is 0 Å². The van der Waals surface area contributed by atoms with Gasteiger partial charge in [-0.3, -0.25) is 10.6 Å². The van der Waals surface area contributed by atoms with Gasteiger partial charge in [-0.25, -0.2) is 20.0 Å². The Morgan fingerprint density at radius 2 is 1.53 bits per heavy atom. The lowest BCUT2D eigenvalue weighted by Crippen LogP contribution is -2.62. The third-order valence-electron chi connectivity index (χ3n) is 4.56. The predicted molar refractivity (Wildman–Crippen MR) is 127 cm³/mol. The summed E-state index contributed by atoms with van der Waals surface area (Å²) in [7, 11) is 0. The van der Waals surface area contributed by atoms with Gasteiger partial charge in [-0.15, -0.1) is 11.3 Å². The highest BCUT2D eigenvalue weighted by Crippen LogP contribution is 2.18. The summed E-state index contributed by atoms with van der Waals surface area (Å²) in [5.41, 5.74) is 5.74. The third-order valence-corrected chi connectivity index (χ3v) is 5.62. The SMILES string of the molecule is Cc1ccc(CN=C2NC(=NCc3ccc(CN=C4NC(N)=NC(C)N4)s3)NC(C)N2)o1. The normalized spacial score (nSPS) is 24.3. The number of nitrogens with two attached hydrogens (primary N) is 1. The van der Waals surface area contributed by atoms with Crippen molar-refractivity contribution in [2.45, 2.75) is 52.7 Å². The van der Waals surface area contributed by atoms with E-state index < -0.39 is 0 Å². The first kappa shape index (κ1) is 21.7. The molecule has 0 radical (unpaired) electrons. The van der Waals surface area contributed by atoms with Gasteiger partial charge in [0.1, 0.15) is 24.2 Å². The van der Waals surface area contributed by atoms with Gasteiger partial charge in [-0.05, 0) is 45.0 Å². The predicted octanol–water partition coefficient (Wildman–Crippen LogP) is 0.900. The zero-order valence-corrected chi connectivity index (χ0v) is 19.1. The lowest BCUT2D eigenvalue weighted by Gasteiger charge is -2.27. The second-order valence-corrected chi connectivity index (χ2v) is 8.72. The fraction of sp³-hybridized carbons (Fsp3) is 0.400. The lowest BCUT2D eigenvalue weighted by molar-refractivity contribution is 0.484. The monoisotopic (exact) mass is 456 g/mol. The Balaban J connectivity index is 1.32. The largest absolute Gasteiger partial charge is 0.464 e. The summed E-state index contributed by atoms with van der Waals surface area (Å²) in [6, 6.07) is 8.00. The molecule has 2 unspecified atom stereocenters. The van der Waals surface area contributed by atoms with Crippen molar-refractivity contribution in [3.8, 4) is 0 Å². The number of thiophene rings is 1. The molecule has 2 aliphatic rings. The number of guanidine groups is 4. The summed E-state index contributed by atoms with van der Waals surface area (Å²) in [5, 5.41) is 15.8. The second-order valence-electron chi connectivity index (χ2n) is 7.47. The molecule has 2 atom stereocenters. The molecule has 32 heavy (non-hydrogen) atoms. The molecule has 1 saturated heterocycles. The summed E-state index contributed by atoms with van der Waals surface area (Å²) in [6.45, 7) is 7.42. The molecule has 170 valence electrons. The highest BCUT2D eigenvalue weighted by molar-refractivity contribution is 7.11. The molecule has 2 aromatic heterocycles. The molecule has 0 bridgehead atoms. The van der Waals surface area contributed by atoms with Crippen LogP contribution in [0.15, 0.2) is 48.7 Å². The number of aliphatic imine (C=N–C) groups is 4. The van der Waals surface area contributed by atoms with Crippen LogP contribution in [0.1, 0.15) is 35.1 Å². The van der Waals surface area contributed by atoms with Crippen LogP contribution in [0.25, 0.3) is 0 Å². The van der Waals surface area contributed by atoms with Crippen molar-refractivity contribution in [2.75, 3.05) is 0 Å². The van der Waals surface area contributed by atoms with E-state index in [1.54, 1.807) is 11.3 Å². The quantitative estimate of drug-likeness (QED) is 0.378. The van der Waals surface area contributed by atoms with Crippen molar-refractivity contribution in [3.05, 3.63) is 45.5 Å². The number of furan rings is 1. The number of nitrogens with one attached hydrogen (secondary N) is 5. The molecule has 12 heteroatoms. The van der Waals surface area contributed by atoms with E-state index in [2.05, 4.69) is 58.7 Å². The van der Waals surface area contributed by atoms with Gasteiger partial charge in [-0.2, -0.15) is 0 Å². The highest BCUT2D eigenvalue weighted by Gasteiger charge is 2.16. The standard InChI is InChI=1S/C20H28N10OS/c1-11-4-5-14(31-11)8-22-19-27-13(3)28-20(30-19)24-10-16-7-6-15(32-16)9-23-18-26-12(2)25-17(21)29-18/h4-7,12-13H,8-10H2,1-3H3,(H4,21,23,25,26,29)(H3,22,24,27,28,30). The highest BCUT2D eigenvalue weighted by atomic mass is 32.1. The molecule has 7 N–H and O–H groups in total. The molecule has 0 amide bonds. The van der Waals surface area contributed by atoms with Crippen LogP contribution in [0.4, 0.5) is 0 Å². The van der Waals surface area contributed by atoms with Gasteiger partial charge in [-0.1, -0.05) is 0 Å². The zero-order chi connectivity index (χ0) is 22.5. The van der Waals surface area contributed by atoms with Gasteiger partial charge >= 0.3 is 0 Å². The molecule has 2 aromatic rings. The van der Waals surface area contributed by atoms with E-state index in [9.17, 15) is 0 Å². The average Bonchev–Trinajstić information content (AvgIpc) is 3.37. The molecule has 0 saturated carbocycles. The summed E-state index contributed by atoms with van der Waals surface area (Å²) in [6.07, 6.45) is -0.0793. The Morgan fingerprint density at radius 1 is 0.906 bits per heavy atom. The molecule has 4 heterocycles. The van der Waals surface area contributed by atoms with E-state index in [4.69, 9.17) is 10.2 Å². The minimum atomic E-state index is -0.0891. The topological polar surface area (TPSA) is 149 Å². The number of nitrogens with zero attached hydrogens (tertiary/aromatic N) is 4. The van der Waals surface area contributed by atoms with Gasteiger partial charge in [0, 0.05) is 9.75 Å². The molecule has 11 nitrogen and oxygen atoms in total. The van der Waals surface area contributed by atoms with Gasteiger partial charge < -0.3 is 26.1 Å². The van der Waals surface area contributed by atoms with Crippen LogP contribution in [0, 0.1) is 6.92 Å². The molecule has 1 fully saturated rings. The lowest BCUT2D eigenvalue weighted by atomic mass is 10.4. The Morgan fingerprint density at radius 3 is 2.12 bits per heavy atom. The first-order chi connectivity index (χ1) is 15.4. The van der Waals surface area contributed by atoms with Crippen molar-refractivity contribution in [1.29, 1.82) is 0 Å². The number of hydrogen-bond donors (Lipinski definition) is 6. The molecule has 2 aliphatic heterocycles. The molecule has 0 aliphatic carbocycles. The van der Waals surface area contributed by atoms with Crippen molar-refractivity contribution in [3.63, 3.8) is 0 Å². The summed E-state index contributed by atoms with van der Waals surface area (Å²) < 4.78 is 5.57. The number of hydrogen-bond acceptors (Lipinski definition) is 7. The van der Waals surface area contributed by atoms with Crippen LogP contribution in [0.2, 0.25) is 0 Å². The zero-order valence-electron chi connectivity index (χ0n) is 18.3. The van der Waals surface area contributed by atoms with Gasteiger partial charge in [0.2, 0.25) is 0 Å². The molecule has 0 aromatic carbocycles. The van der Waals surface area contributed by atoms with E-state index >= 15 is 0 Å². The average molecular weight is 457 g/mol. The minimum absolute atomic E-state index is 0.00988. The second kappa shape index (κ2) is 9.73. The Hall–Kier alpha value is -3.54. The maximum absolute atomic E-state index is 5.74. The van der Waals surface area contributed by atoms with Crippen LogP contribution in [0.3, 0.4) is 0 Å². The van der Waals surface area contributed by atoms with Crippen LogP contribution in [-0.2, 0) is 19.6 Å². The van der Waals surface area contributed by atoms with Crippen molar-refractivity contribution >= 4 is 35.2 Å². The maximum Gasteiger partial charge on any atom is 0.200 e. The maximum atomic E-state index is 5.74. The molecule has 4 rings (SSSR count). The van der Waals surface area contributed by atoms with E-state index in [0.29, 0.717) is 43.5 Å². The van der Waals surface area contributed by atoms with Crippen molar-refractivity contribution < 1.29 is 4.42 Å². The number of rotatable bonds is 6. The smallest absolute Gasteiger partial charge is 0.200 e. The summed E-state index contributed by atoms with van der Waals surface area (Å²) in [5.74, 6) is 4.05. The number of aryl methyl sites for hydroxylation is 1. The van der Waals surface area contributed by atoms with Crippen LogP contribution < -0.4 is 32.3 Å². The first-order valence-corrected chi connectivity index (χ1v) is 11.2. The Kier molecular flexibility index (Phi) is 6.59. The fourth-order valence-electron chi connectivity index (χ4n) is 3.15. The van der Waals surface area contributed by atoms with E-state index in [1.165, 1.54) is 0 Å². The van der Waals surface area contributed by atoms with Crippen LogP contribution in [0.5, 0.6) is 0 Å². The van der Waals surface area contributed by atoms with E-state index in [-0.39, 0.29) is 12.3 Å². The molecule has 0 spiro atoms. The Labute approximate surface area is 190 Å². The Bertz CT molecular complexity index is 1070. The minimum Gasteiger partial charge on any atom is -0.464 e. The van der Waals surface area contributed by atoms with Crippen LogP contribution >= 0.6 is 11.3 Å². The fourth-order valence-corrected chi connectivity index (χ4v) is 4.01. The first-order valence-electron chi connectivity index (χ1n) is 10.4. The summed E-state index contributed by atoms with van der Waals surface area (Å²) in [4.78, 5) is 20.2. The van der Waals surface area contributed by atoms with Crippen LogP contribution in [-0.4, -0.2) is 36.2 Å². The van der Waals surface area contributed by atoms with Crippen molar-refractivity contribution in [1.82, 2.24) is 26.6 Å². The summed E-state index contributed by atoms with van der Waals surface area (Å²) >= 11 is 1.68. The third kappa shape index (κ3) is 6.00. The molecular weight excluding hydrogens is 428 g/mol. The van der Waals surface area contributed by atoms with Gasteiger partial charge in [0.15, 0.2) is 23.8 Å². The van der Waals surface area contributed by atoms with Crippen molar-refractivity contribution in [2.24, 2.45) is 25.7 Å².